The zero-order valence-corrected chi connectivity index (χ0v) is 15.4. The van der Waals surface area contributed by atoms with Gasteiger partial charge < -0.3 is 0 Å². The normalized spacial score (nSPS) is 14.0. The van der Waals surface area contributed by atoms with Crippen molar-refractivity contribution in [3.63, 3.8) is 0 Å². The Labute approximate surface area is 156 Å². The first-order valence-electron chi connectivity index (χ1n) is 8.41. The van der Waals surface area contributed by atoms with E-state index >= 15 is 0 Å². The van der Waals surface area contributed by atoms with Gasteiger partial charge in [-0.1, -0.05) is 30.3 Å². The average Bonchev–Trinajstić information content (AvgIpc) is 2.68. The number of nitrogens with zero attached hydrogens (tertiary/aromatic N) is 5. The van der Waals surface area contributed by atoms with Crippen LogP contribution in [-0.4, -0.2) is 40.7 Å². The molecule has 4 rings (SSSR count). The maximum Gasteiger partial charge on any atom is 0.255 e. The first kappa shape index (κ1) is 17.3. The number of sulfone groups is 1. The number of anilines is 2. The highest BCUT2D eigenvalue weighted by Crippen LogP contribution is 2.27. The minimum Gasteiger partial charge on any atom is -0.296 e. The molecule has 0 bridgehead atoms. The van der Waals surface area contributed by atoms with Gasteiger partial charge in [0.05, 0.1) is 5.69 Å². The largest absolute Gasteiger partial charge is 0.296 e. The Bertz CT molecular complexity index is 1160. The van der Waals surface area contributed by atoms with Crippen LogP contribution < -0.4 is 10.5 Å². The molecule has 0 spiro atoms. The SMILES string of the molecule is CS(=O)(=O)c1nccc(N2CCCn3c2nc(-c2ccccc2)cc3=O)n1. The molecule has 0 atom stereocenters. The molecule has 2 aromatic heterocycles. The van der Waals surface area contributed by atoms with Gasteiger partial charge >= 0.3 is 0 Å². The molecule has 1 aliphatic rings. The van der Waals surface area contributed by atoms with Crippen molar-refractivity contribution >= 4 is 21.6 Å². The summed E-state index contributed by atoms with van der Waals surface area (Å²) in [5.41, 5.74) is 1.25. The smallest absolute Gasteiger partial charge is 0.255 e. The number of hydrogen-bond acceptors (Lipinski definition) is 7. The average molecular weight is 383 g/mol. The van der Waals surface area contributed by atoms with E-state index in [0.717, 1.165) is 18.2 Å². The molecule has 0 aliphatic carbocycles. The lowest BCUT2D eigenvalue weighted by atomic mass is 10.1. The van der Waals surface area contributed by atoms with Gasteiger partial charge in [0.2, 0.25) is 20.9 Å². The van der Waals surface area contributed by atoms with Crippen LogP contribution in [0.4, 0.5) is 11.8 Å². The molecule has 0 amide bonds. The molecule has 0 unspecified atom stereocenters. The monoisotopic (exact) mass is 383 g/mol. The summed E-state index contributed by atoms with van der Waals surface area (Å²) < 4.78 is 25.2. The molecule has 0 saturated carbocycles. The van der Waals surface area contributed by atoms with Crippen molar-refractivity contribution in [2.45, 2.75) is 18.1 Å². The van der Waals surface area contributed by atoms with Gasteiger partial charge in [0.25, 0.3) is 5.56 Å². The summed E-state index contributed by atoms with van der Waals surface area (Å²) in [4.78, 5) is 27.1. The van der Waals surface area contributed by atoms with Gasteiger partial charge in [-0.15, -0.1) is 0 Å². The summed E-state index contributed by atoms with van der Waals surface area (Å²) >= 11 is 0. The van der Waals surface area contributed by atoms with E-state index in [1.54, 1.807) is 15.5 Å². The van der Waals surface area contributed by atoms with Crippen molar-refractivity contribution in [3.05, 3.63) is 59.0 Å². The van der Waals surface area contributed by atoms with Gasteiger partial charge in [0.15, 0.2) is 0 Å². The maximum absolute atomic E-state index is 12.6. The topological polar surface area (TPSA) is 98.0 Å². The predicted octanol–water partition coefficient (Wildman–Crippen LogP) is 1.65. The van der Waals surface area contributed by atoms with Crippen LogP contribution in [0.15, 0.2) is 58.6 Å². The van der Waals surface area contributed by atoms with E-state index in [-0.39, 0.29) is 10.7 Å². The fourth-order valence-corrected chi connectivity index (χ4v) is 3.54. The van der Waals surface area contributed by atoms with E-state index in [0.29, 0.717) is 30.5 Å². The van der Waals surface area contributed by atoms with Crippen molar-refractivity contribution in [1.29, 1.82) is 0 Å². The molecular weight excluding hydrogens is 366 g/mol. The summed E-state index contributed by atoms with van der Waals surface area (Å²) in [5.74, 6) is 0.849. The van der Waals surface area contributed by atoms with Crippen molar-refractivity contribution in [2.75, 3.05) is 17.7 Å². The van der Waals surface area contributed by atoms with E-state index in [2.05, 4.69) is 15.0 Å². The Balaban J connectivity index is 1.86. The molecule has 1 aromatic carbocycles. The number of aromatic nitrogens is 4. The Morgan fingerprint density at radius 3 is 2.56 bits per heavy atom. The molecule has 138 valence electrons. The van der Waals surface area contributed by atoms with Crippen molar-refractivity contribution in [2.24, 2.45) is 0 Å². The number of rotatable bonds is 3. The predicted molar refractivity (Wildman–Crippen MR) is 101 cm³/mol. The quantitative estimate of drug-likeness (QED) is 0.634. The first-order valence-corrected chi connectivity index (χ1v) is 10.3. The van der Waals surface area contributed by atoms with Crippen LogP contribution >= 0.6 is 0 Å². The van der Waals surface area contributed by atoms with E-state index in [9.17, 15) is 13.2 Å². The van der Waals surface area contributed by atoms with E-state index in [1.165, 1.54) is 12.3 Å². The van der Waals surface area contributed by atoms with Gasteiger partial charge in [-0.25, -0.2) is 23.4 Å². The molecule has 0 saturated heterocycles. The second kappa shape index (κ2) is 6.58. The van der Waals surface area contributed by atoms with Crippen LogP contribution in [0.5, 0.6) is 0 Å². The van der Waals surface area contributed by atoms with Gasteiger partial charge in [-0.2, -0.15) is 0 Å². The number of benzene rings is 1. The highest BCUT2D eigenvalue weighted by molar-refractivity contribution is 7.90. The summed E-state index contributed by atoms with van der Waals surface area (Å²) in [5, 5.41) is -0.251. The lowest BCUT2D eigenvalue weighted by Gasteiger charge is -2.30. The molecule has 9 heteroatoms. The molecule has 8 nitrogen and oxygen atoms in total. The summed E-state index contributed by atoms with van der Waals surface area (Å²) in [6.07, 6.45) is 3.18. The third-order valence-corrected chi connectivity index (χ3v) is 5.15. The molecular formula is C18H17N5O3S. The van der Waals surface area contributed by atoms with Gasteiger partial charge in [0, 0.05) is 37.2 Å². The molecule has 27 heavy (non-hydrogen) atoms. The summed E-state index contributed by atoms with van der Waals surface area (Å²) in [6, 6.07) is 12.6. The van der Waals surface area contributed by atoms with E-state index in [4.69, 9.17) is 0 Å². The Kier molecular flexibility index (Phi) is 4.23. The number of fused-ring (bicyclic) bond motifs is 1. The Hall–Kier alpha value is -3.07. The molecule has 1 aliphatic heterocycles. The second-order valence-corrected chi connectivity index (χ2v) is 8.18. The van der Waals surface area contributed by atoms with Gasteiger partial charge in [0.1, 0.15) is 5.82 Å². The fraction of sp³-hybridized carbons (Fsp3) is 0.222. The summed E-state index contributed by atoms with van der Waals surface area (Å²) in [7, 11) is -3.54. The molecule has 3 aromatic rings. The standard InChI is InChI=1S/C18H17N5O3S/c1-27(25,26)17-19-9-8-15(21-17)22-10-5-11-23-16(24)12-14(20-18(22)23)13-6-3-2-4-7-13/h2-4,6-9,12H,5,10-11H2,1H3. The minimum absolute atomic E-state index is 0.152. The van der Waals surface area contributed by atoms with Crippen LogP contribution in [0.3, 0.4) is 0 Å². The second-order valence-electron chi connectivity index (χ2n) is 6.27. The third-order valence-electron chi connectivity index (χ3n) is 4.29. The lowest BCUT2D eigenvalue weighted by Crippen LogP contribution is -2.36. The maximum atomic E-state index is 12.6. The zero-order valence-electron chi connectivity index (χ0n) is 14.6. The highest BCUT2D eigenvalue weighted by atomic mass is 32.2. The van der Waals surface area contributed by atoms with Gasteiger partial charge in [-0.3, -0.25) is 14.3 Å². The van der Waals surface area contributed by atoms with Crippen molar-refractivity contribution in [3.8, 4) is 11.3 Å². The van der Waals surface area contributed by atoms with Crippen molar-refractivity contribution < 1.29 is 8.42 Å². The van der Waals surface area contributed by atoms with E-state index in [1.807, 2.05) is 30.3 Å². The van der Waals surface area contributed by atoms with Crippen LogP contribution in [0, 0.1) is 0 Å². The van der Waals surface area contributed by atoms with Crippen LogP contribution in [0.25, 0.3) is 11.3 Å². The molecule has 0 fully saturated rings. The Morgan fingerprint density at radius 2 is 1.81 bits per heavy atom. The molecule has 0 N–H and O–H groups in total. The lowest BCUT2D eigenvalue weighted by molar-refractivity contribution is 0.559. The van der Waals surface area contributed by atoms with Crippen LogP contribution in [-0.2, 0) is 16.4 Å². The molecule has 0 radical (unpaired) electrons. The van der Waals surface area contributed by atoms with Gasteiger partial charge in [-0.05, 0) is 12.5 Å². The molecule has 3 heterocycles. The van der Waals surface area contributed by atoms with E-state index < -0.39 is 9.84 Å². The van der Waals surface area contributed by atoms with Crippen molar-refractivity contribution in [1.82, 2.24) is 19.5 Å². The fourth-order valence-electron chi connectivity index (χ4n) is 3.03. The zero-order chi connectivity index (χ0) is 19.0. The first-order chi connectivity index (χ1) is 12.9. The number of hydrogen-bond donors (Lipinski definition) is 0. The Morgan fingerprint density at radius 1 is 1.04 bits per heavy atom. The third kappa shape index (κ3) is 3.33. The minimum atomic E-state index is -3.54. The van der Waals surface area contributed by atoms with Crippen LogP contribution in [0.2, 0.25) is 0 Å². The van der Waals surface area contributed by atoms with Crippen LogP contribution in [0.1, 0.15) is 6.42 Å². The summed E-state index contributed by atoms with van der Waals surface area (Å²) in [6.45, 7) is 1.13. The highest BCUT2D eigenvalue weighted by Gasteiger charge is 2.24.